The van der Waals surface area contributed by atoms with Crippen molar-refractivity contribution in [3.63, 3.8) is 0 Å². The third-order valence-corrected chi connectivity index (χ3v) is 5.90. The zero-order chi connectivity index (χ0) is 18.2. The summed E-state index contributed by atoms with van der Waals surface area (Å²) in [5.41, 5.74) is 7.30. The molecular formula is C21H34N4O. The molecule has 1 saturated carbocycles. The van der Waals surface area contributed by atoms with Crippen LogP contribution in [-0.2, 0) is 11.3 Å². The van der Waals surface area contributed by atoms with Gasteiger partial charge in [-0.25, -0.2) is 0 Å². The number of rotatable bonds is 7. The van der Waals surface area contributed by atoms with E-state index in [1.807, 2.05) is 0 Å². The minimum atomic E-state index is 0.141. The summed E-state index contributed by atoms with van der Waals surface area (Å²) in [5, 5.41) is 3.22. The van der Waals surface area contributed by atoms with Gasteiger partial charge < -0.3 is 11.1 Å². The zero-order valence-electron chi connectivity index (χ0n) is 15.9. The van der Waals surface area contributed by atoms with Crippen LogP contribution in [0.5, 0.6) is 0 Å². The molecular weight excluding hydrogens is 324 g/mol. The first-order chi connectivity index (χ1) is 12.7. The number of carbonyl (C=O) groups excluding carboxylic acids is 1. The highest BCUT2D eigenvalue weighted by Crippen LogP contribution is 2.26. The number of nitrogens with two attached hydrogens (primary N) is 1. The Morgan fingerprint density at radius 2 is 1.69 bits per heavy atom. The molecule has 1 unspecified atom stereocenters. The van der Waals surface area contributed by atoms with E-state index < -0.39 is 0 Å². The van der Waals surface area contributed by atoms with Gasteiger partial charge in [0.15, 0.2) is 0 Å². The van der Waals surface area contributed by atoms with Gasteiger partial charge in [0.1, 0.15) is 0 Å². The van der Waals surface area contributed by atoms with Crippen LogP contribution in [0.4, 0.5) is 0 Å². The first-order valence-corrected chi connectivity index (χ1v) is 10.2. The van der Waals surface area contributed by atoms with Crippen molar-refractivity contribution in [3.8, 4) is 0 Å². The van der Waals surface area contributed by atoms with Gasteiger partial charge in [0.05, 0.1) is 6.54 Å². The average molecular weight is 359 g/mol. The molecule has 1 aliphatic carbocycles. The lowest BCUT2D eigenvalue weighted by Crippen LogP contribution is -2.52. The largest absolute Gasteiger partial charge is 0.351 e. The molecule has 3 rings (SSSR count). The van der Waals surface area contributed by atoms with Crippen molar-refractivity contribution in [2.45, 2.75) is 44.7 Å². The summed E-state index contributed by atoms with van der Waals surface area (Å²) in [6, 6.07) is 10.8. The van der Waals surface area contributed by atoms with Crippen LogP contribution in [0.2, 0.25) is 0 Å². The predicted molar refractivity (Wildman–Crippen MR) is 106 cm³/mol. The van der Waals surface area contributed by atoms with Crippen molar-refractivity contribution < 1.29 is 4.79 Å². The van der Waals surface area contributed by atoms with Crippen molar-refractivity contribution in [1.29, 1.82) is 0 Å². The SMILES string of the molecule is NCC(NC(=O)CN1CCN(Cc2ccccc2)CC1)C1CCCCC1. The Bertz CT molecular complexity index is 536. The van der Waals surface area contributed by atoms with Crippen LogP contribution in [-0.4, -0.2) is 61.0 Å². The standard InChI is InChI=1S/C21H34N4O/c22-15-20(19-9-5-2-6-10-19)23-21(26)17-25-13-11-24(12-14-25)16-18-7-3-1-4-8-18/h1,3-4,7-8,19-20H,2,5-6,9-17,22H2,(H,23,26). The first-order valence-electron chi connectivity index (χ1n) is 10.2. The Morgan fingerprint density at radius 1 is 1.04 bits per heavy atom. The number of piperazine rings is 1. The van der Waals surface area contributed by atoms with Crippen LogP contribution < -0.4 is 11.1 Å². The number of carbonyl (C=O) groups is 1. The lowest BCUT2D eigenvalue weighted by molar-refractivity contribution is -0.123. The molecule has 5 heteroatoms. The molecule has 1 atom stereocenters. The number of nitrogens with zero attached hydrogens (tertiary/aromatic N) is 2. The summed E-state index contributed by atoms with van der Waals surface area (Å²) in [6.07, 6.45) is 6.30. The minimum Gasteiger partial charge on any atom is -0.351 e. The Hall–Kier alpha value is -1.43. The second-order valence-corrected chi connectivity index (χ2v) is 7.85. The van der Waals surface area contributed by atoms with Gasteiger partial charge in [-0.05, 0) is 24.3 Å². The van der Waals surface area contributed by atoms with E-state index in [4.69, 9.17) is 5.73 Å². The van der Waals surface area contributed by atoms with Gasteiger partial charge in [-0.1, -0.05) is 49.6 Å². The fourth-order valence-corrected chi connectivity index (χ4v) is 4.31. The second-order valence-electron chi connectivity index (χ2n) is 7.85. The summed E-state index contributed by atoms with van der Waals surface area (Å²) in [6.45, 7) is 6.01. The molecule has 0 bridgehead atoms. The molecule has 1 heterocycles. The van der Waals surface area contributed by atoms with Gasteiger partial charge in [-0.2, -0.15) is 0 Å². The molecule has 1 saturated heterocycles. The van der Waals surface area contributed by atoms with E-state index in [0.717, 1.165) is 32.7 Å². The Kier molecular flexibility index (Phi) is 7.47. The van der Waals surface area contributed by atoms with E-state index in [9.17, 15) is 4.79 Å². The number of hydrogen-bond donors (Lipinski definition) is 2. The minimum absolute atomic E-state index is 0.141. The van der Waals surface area contributed by atoms with Crippen molar-refractivity contribution in [2.75, 3.05) is 39.3 Å². The first kappa shape index (κ1) is 19.3. The van der Waals surface area contributed by atoms with Crippen LogP contribution in [0.25, 0.3) is 0 Å². The lowest BCUT2D eigenvalue weighted by atomic mass is 9.84. The van der Waals surface area contributed by atoms with Crippen LogP contribution >= 0.6 is 0 Å². The van der Waals surface area contributed by atoms with Crippen LogP contribution in [0.3, 0.4) is 0 Å². The topological polar surface area (TPSA) is 61.6 Å². The molecule has 1 amide bonds. The number of amides is 1. The van der Waals surface area contributed by atoms with Gasteiger partial charge in [0.25, 0.3) is 0 Å². The highest BCUT2D eigenvalue weighted by molar-refractivity contribution is 5.78. The Balaban J connectivity index is 1.38. The molecule has 26 heavy (non-hydrogen) atoms. The van der Waals surface area contributed by atoms with Crippen molar-refractivity contribution in [3.05, 3.63) is 35.9 Å². The van der Waals surface area contributed by atoms with Crippen molar-refractivity contribution in [1.82, 2.24) is 15.1 Å². The summed E-state index contributed by atoms with van der Waals surface area (Å²) in [7, 11) is 0. The fraction of sp³-hybridized carbons (Fsp3) is 0.667. The molecule has 0 radical (unpaired) electrons. The molecule has 3 N–H and O–H groups in total. The van der Waals surface area contributed by atoms with Gasteiger partial charge in [0.2, 0.25) is 5.91 Å². The molecule has 1 aromatic carbocycles. The van der Waals surface area contributed by atoms with Crippen LogP contribution in [0.15, 0.2) is 30.3 Å². The normalized spacial score (nSPS) is 21.4. The fourth-order valence-electron chi connectivity index (χ4n) is 4.31. The predicted octanol–water partition coefficient (Wildman–Crippen LogP) is 1.83. The van der Waals surface area contributed by atoms with Crippen molar-refractivity contribution >= 4 is 5.91 Å². The summed E-state index contributed by atoms with van der Waals surface area (Å²) < 4.78 is 0. The van der Waals surface area contributed by atoms with Crippen LogP contribution in [0.1, 0.15) is 37.7 Å². The van der Waals surface area contributed by atoms with E-state index >= 15 is 0 Å². The second kappa shape index (κ2) is 10.0. The molecule has 0 spiro atoms. The number of benzene rings is 1. The Labute approximate surface area is 157 Å². The van der Waals surface area contributed by atoms with Gasteiger partial charge in [-0.15, -0.1) is 0 Å². The summed E-state index contributed by atoms with van der Waals surface area (Å²) in [4.78, 5) is 17.2. The molecule has 1 aromatic rings. The average Bonchev–Trinajstić information content (AvgIpc) is 2.69. The van der Waals surface area contributed by atoms with E-state index in [2.05, 4.69) is 45.4 Å². The quantitative estimate of drug-likeness (QED) is 0.781. The smallest absolute Gasteiger partial charge is 0.234 e. The maximum Gasteiger partial charge on any atom is 0.234 e. The maximum atomic E-state index is 12.5. The van der Waals surface area contributed by atoms with Gasteiger partial charge in [-0.3, -0.25) is 14.6 Å². The highest BCUT2D eigenvalue weighted by atomic mass is 16.2. The monoisotopic (exact) mass is 358 g/mol. The molecule has 1 aliphatic heterocycles. The van der Waals surface area contributed by atoms with E-state index in [0.29, 0.717) is 19.0 Å². The molecule has 2 fully saturated rings. The molecule has 144 valence electrons. The highest BCUT2D eigenvalue weighted by Gasteiger charge is 2.25. The number of hydrogen-bond acceptors (Lipinski definition) is 4. The van der Waals surface area contributed by atoms with E-state index in [1.54, 1.807) is 0 Å². The van der Waals surface area contributed by atoms with Gasteiger partial charge >= 0.3 is 0 Å². The summed E-state index contributed by atoms with van der Waals surface area (Å²) >= 11 is 0. The van der Waals surface area contributed by atoms with E-state index in [-0.39, 0.29) is 11.9 Å². The zero-order valence-corrected chi connectivity index (χ0v) is 15.9. The van der Waals surface area contributed by atoms with E-state index in [1.165, 1.54) is 37.7 Å². The van der Waals surface area contributed by atoms with Gasteiger partial charge in [0, 0.05) is 45.3 Å². The third-order valence-electron chi connectivity index (χ3n) is 5.90. The molecule has 5 nitrogen and oxygen atoms in total. The molecule has 2 aliphatic rings. The maximum absolute atomic E-state index is 12.5. The third kappa shape index (κ3) is 5.79. The molecule has 0 aromatic heterocycles. The lowest BCUT2D eigenvalue weighted by Gasteiger charge is -2.35. The van der Waals surface area contributed by atoms with Crippen LogP contribution in [0, 0.1) is 5.92 Å². The van der Waals surface area contributed by atoms with Crippen molar-refractivity contribution in [2.24, 2.45) is 11.7 Å². The summed E-state index contributed by atoms with van der Waals surface area (Å²) in [5.74, 6) is 0.711. The number of nitrogens with one attached hydrogen (secondary N) is 1. The Morgan fingerprint density at radius 3 is 2.35 bits per heavy atom.